The summed E-state index contributed by atoms with van der Waals surface area (Å²) in [5.41, 5.74) is 1.54. The zero-order valence-electron chi connectivity index (χ0n) is 18.1. The number of hydrogen-bond acceptors (Lipinski definition) is 5. The van der Waals surface area contributed by atoms with Crippen molar-refractivity contribution in [3.05, 3.63) is 54.4 Å². The minimum absolute atomic E-state index is 0.0495. The maximum absolute atomic E-state index is 12.9. The van der Waals surface area contributed by atoms with Crippen LogP contribution in [0.2, 0.25) is 0 Å². The summed E-state index contributed by atoms with van der Waals surface area (Å²) in [5, 5.41) is 0. The molecule has 0 N–H and O–H groups in total. The first-order valence-electron chi connectivity index (χ1n) is 10.9. The third kappa shape index (κ3) is 4.82. The number of anilines is 1. The number of carbonyl (C=O) groups is 1. The molecule has 0 aliphatic carbocycles. The monoisotopic (exact) mass is 423 g/mol. The molecule has 1 aromatic carbocycles. The maximum Gasteiger partial charge on any atom is 0.265 e. The molecular weight excluding hydrogens is 394 g/mol. The number of aryl methyl sites for hydroxylation is 1. The molecule has 31 heavy (non-hydrogen) atoms. The van der Waals surface area contributed by atoms with Crippen molar-refractivity contribution >= 4 is 17.4 Å². The van der Waals surface area contributed by atoms with Crippen LogP contribution in [0, 0.1) is 0 Å². The number of amides is 1. The minimum atomic E-state index is -0.151. The molecule has 2 aromatic heterocycles. The lowest BCUT2D eigenvalue weighted by atomic mass is 10.1. The number of benzene rings is 1. The van der Waals surface area contributed by atoms with Gasteiger partial charge in [-0.3, -0.25) is 14.1 Å². The van der Waals surface area contributed by atoms with E-state index in [2.05, 4.69) is 0 Å². The molecule has 0 bridgehead atoms. The van der Waals surface area contributed by atoms with Crippen LogP contribution in [-0.4, -0.2) is 48.3 Å². The number of likely N-dealkylation sites (N-methyl/N-ethyl adjacent to an activating group) is 1. The van der Waals surface area contributed by atoms with Crippen LogP contribution in [0.5, 0.6) is 11.5 Å². The SMILES string of the molecule is CCc1nc2c(OCC3CCCCO3)cccn2c1N(C)C(=O)COc1ccccc1. The van der Waals surface area contributed by atoms with E-state index >= 15 is 0 Å². The first-order chi connectivity index (χ1) is 15.2. The van der Waals surface area contributed by atoms with Crippen molar-refractivity contribution in [3.8, 4) is 11.5 Å². The topological polar surface area (TPSA) is 65.3 Å². The lowest BCUT2D eigenvalue weighted by molar-refractivity contribution is -0.120. The van der Waals surface area contributed by atoms with E-state index in [9.17, 15) is 4.79 Å². The number of imidazole rings is 1. The van der Waals surface area contributed by atoms with Crippen LogP contribution in [0.15, 0.2) is 48.7 Å². The van der Waals surface area contributed by atoms with Crippen molar-refractivity contribution in [2.45, 2.75) is 38.7 Å². The predicted octanol–water partition coefficient (Wildman–Crippen LogP) is 3.89. The van der Waals surface area contributed by atoms with Gasteiger partial charge in [-0.25, -0.2) is 4.98 Å². The summed E-state index contributed by atoms with van der Waals surface area (Å²) in [6, 6.07) is 13.2. The van der Waals surface area contributed by atoms with Gasteiger partial charge in [0.15, 0.2) is 18.0 Å². The van der Waals surface area contributed by atoms with Crippen LogP contribution in [0.4, 0.5) is 5.82 Å². The molecule has 0 radical (unpaired) electrons. The molecular formula is C24H29N3O4. The molecule has 1 saturated heterocycles. The number of para-hydroxylation sites is 1. The Hall–Kier alpha value is -3.06. The first-order valence-corrected chi connectivity index (χ1v) is 10.9. The second-order valence-corrected chi connectivity index (χ2v) is 7.66. The zero-order valence-corrected chi connectivity index (χ0v) is 18.1. The molecule has 1 atom stereocenters. The molecule has 3 heterocycles. The highest BCUT2D eigenvalue weighted by atomic mass is 16.5. The van der Waals surface area contributed by atoms with Gasteiger partial charge >= 0.3 is 0 Å². The highest BCUT2D eigenvalue weighted by molar-refractivity contribution is 5.94. The van der Waals surface area contributed by atoms with E-state index in [0.29, 0.717) is 30.2 Å². The Balaban J connectivity index is 1.53. The summed E-state index contributed by atoms with van der Waals surface area (Å²) in [4.78, 5) is 19.2. The number of fused-ring (bicyclic) bond motifs is 1. The molecule has 7 heteroatoms. The molecule has 1 aliphatic heterocycles. The maximum atomic E-state index is 12.9. The van der Waals surface area contributed by atoms with Gasteiger partial charge in [-0.05, 0) is 49.9 Å². The molecule has 1 fully saturated rings. The highest BCUT2D eigenvalue weighted by Crippen LogP contribution is 2.28. The quantitative estimate of drug-likeness (QED) is 0.550. The van der Waals surface area contributed by atoms with Gasteiger partial charge in [-0.1, -0.05) is 25.1 Å². The largest absolute Gasteiger partial charge is 0.487 e. The second kappa shape index (κ2) is 9.83. The van der Waals surface area contributed by atoms with E-state index in [1.54, 1.807) is 11.9 Å². The number of ether oxygens (including phenoxy) is 3. The molecule has 4 rings (SSSR count). The standard InChI is InChI=1S/C24H29N3O4/c1-3-20-24(26(2)22(28)17-30-18-10-5-4-6-11-18)27-14-9-13-21(23(27)25-20)31-16-19-12-7-8-15-29-19/h4-6,9-11,13-14,19H,3,7-8,12,15-17H2,1-2H3. The van der Waals surface area contributed by atoms with Crippen LogP contribution in [0.1, 0.15) is 31.9 Å². The van der Waals surface area contributed by atoms with Crippen LogP contribution >= 0.6 is 0 Å². The number of aromatic nitrogens is 2. The van der Waals surface area contributed by atoms with E-state index in [-0.39, 0.29) is 18.6 Å². The first kappa shape index (κ1) is 21.2. The van der Waals surface area contributed by atoms with Gasteiger partial charge in [0.2, 0.25) is 0 Å². The number of pyridine rings is 1. The van der Waals surface area contributed by atoms with Gasteiger partial charge in [0.1, 0.15) is 18.2 Å². The van der Waals surface area contributed by atoms with Gasteiger partial charge in [-0.2, -0.15) is 0 Å². The minimum Gasteiger partial charge on any atom is -0.487 e. The molecule has 0 spiro atoms. The van der Waals surface area contributed by atoms with Gasteiger partial charge in [0.05, 0.1) is 11.8 Å². The van der Waals surface area contributed by atoms with Gasteiger partial charge < -0.3 is 14.2 Å². The molecule has 1 amide bonds. The van der Waals surface area contributed by atoms with Gasteiger partial charge in [-0.15, -0.1) is 0 Å². The van der Waals surface area contributed by atoms with Gasteiger partial charge in [0.25, 0.3) is 5.91 Å². The Kier molecular flexibility index (Phi) is 6.72. The zero-order chi connectivity index (χ0) is 21.6. The Bertz CT molecular complexity index is 1010. The average molecular weight is 424 g/mol. The Morgan fingerprint density at radius 2 is 2.03 bits per heavy atom. The van der Waals surface area contributed by atoms with Crippen molar-refractivity contribution in [1.29, 1.82) is 0 Å². The molecule has 0 saturated carbocycles. The van der Waals surface area contributed by atoms with E-state index in [0.717, 1.165) is 31.0 Å². The van der Waals surface area contributed by atoms with Crippen LogP contribution < -0.4 is 14.4 Å². The third-order valence-electron chi connectivity index (χ3n) is 5.49. The van der Waals surface area contributed by atoms with Crippen molar-refractivity contribution < 1.29 is 19.0 Å². The van der Waals surface area contributed by atoms with E-state index in [1.165, 1.54) is 6.42 Å². The summed E-state index contributed by atoms with van der Waals surface area (Å²) in [6.45, 7) is 3.28. The van der Waals surface area contributed by atoms with E-state index in [4.69, 9.17) is 19.2 Å². The van der Waals surface area contributed by atoms with Crippen LogP contribution in [0.25, 0.3) is 5.65 Å². The lowest BCUT2D eigenvalue weighted by Crippen LogP contribution is -2.32. The predicted molar refractivity (Wildman–Crippen MR) is 119 cm³/mol. The number of carbonyl (C=O) groups excluding carboxylic acids is 1. The Labute approximate surface area is 182 Å². The Morgan fingerprint density at radius 1 is 1.19 bits per heavy atom. The van der Waals surface area contributed by atoms with Crippen LogP contribution in [0.3, 0.4) is 0 Å². The Morgan fingerprint density at radius 3 is 2.77 bits per heavy atom. The number of rotatable bonds is 8. The van der Waals surface area contributed by atoms with Crippen molar-refractivity contribution in [2.24, 2.45) is 0 Å². The van der Waals surface area contributed by atoms with E-state index in [1.807, 2.05) is 60.0 Å². The van der Waals surface area contributed by atoms with Crippen molar-refractivity contribution in [1.82, 2.24) is 9.38 Å². The highest BCUT2D eigenvalue weighted by Gasteiger charge is 2.23. The lowest BCUT2D eigenvalue weighted by Gasteiger charge is -2.22. The van der Waals surface area contributed by atoms with Crippen LogP contribution in [-0.2, 0) is 16.0 Å². The summed E-state index contributed by atoms with van der Waals surface area (Å²) < 4.78 is 19.4. The summed E-state index contributed by atoms with van der Waals surface area (Å²) >= 11 is 0. The fourth-order valence-electron chi connectivity index (χ4n) is 3.78. The van der Waals surface area contributed by atoms with Crippen molar-refractivity contribution in [3.63, 3.8) is 0 Å². The summed E-state index contributed by atoms with van der Waals surface area (Å²) in [5.74, 6) is 1.94. The second-order valence-electron chi connectivity index (χ2n) is 7.66. The van der Waals surface area contributed by atoms with Gasteiger partial charge in [0, 0.05) is 19.9 Å². The van der Waals surface area contributed by atoms with E-state index < -0.39 is 0 Å². The molecule has 1 unspecified atom stereocenters. The smallest absolute Gasteiger partial charge is 0.265 e. The fourth-order valence-corrected chi connectivity index (χ4v) is 3.78. The molecule has 1 aliphatic rings. The molecule has 164 valence electrons. The number of nitrogens with zero attached hydrogens (tertiary/aromatic N) is 3. The van der Waals surface area contributed by atoms with Crippen molar-refractivity contribution in [2.75, 3.05) is 31.8 Å². The summed E-state index contributed by atoms with van der Waals surface area (Å²) in [7, 11) is 1.75. The normalized spacial score (nSPS) is 16.3. The molecule has 7 nitrogen and oxygen atoms in total. The number of hydrogen-bond donors (Lipinski definition) is 0. The fraction of sp³-hybridized carbons (Fsp3) is 0.417. The summed E-state index contributed by atoms with van der Waals surface area (Å²) in [6.07, 6.45) is 6.02. The average Bonchev–Trinajstić information content (AvgIpc) is 3.21. The third-order valence-corrected chi connectivity index (χ3v) is 5.49. The molecule has 3 aromatic rings.